The van der Waals surface area contributed by atoms with Gasteiger partial charge in [-0.1, -0.05) is 18.0 Å². The van der Waals surface area contributed by atoms with Gasteiger partial charge >= 0.3 is 0 Å². The molecule has 1 N–H and O–H groups in total. The number of fused-ring (bicyclic) bond motifs is 2. The highest BCUT2D eigenvalue weighted by Crippen LogP contribution is 2.40. The van der Waals surface area contributed by atoms with Crippen molar-refractivity contribution < 1.29 is 14.0 Å². The fourth-order valence-electron chi connectivity index (χ4n) is 3.51. The fourth-order valence-corrected chi connectivity index (χ4v) is 3.69. The molecule has 2 aliphatic rings. The van der Waals surface area contributed by atoms with E-state index in [1.54, 1.807) is 0 Å². The van der Waals surface area contributed by atoms with Gasteiger partial charge in [-0.3, -0.25) is 9.59 Å². The van der Waals surface area contributed by atoms with Crippen LogP contribution in [0.4, 0.5) is 10.1 Å². The molecule has 0 heterocycles. The first-order valence-electron chi connectivity index (χ1n) is 7.34. The van der Waals surface area contributed by atoms with Crippen molar-refractivity contribution >= 4 is 29.0 Å². The minimum atomic E-state index is -0.507. The highest BCUT2D eigenvalue weighted by Gasteiger charge is 2.41. The molecule has 1 amide bonds. The minimum Gasteiger partial charge on any atom is -0.326 e. The van der Waals surface area contributed by atoms with E-state index < -0.39 is 5.82 Å². The van der Waals surface area contributed by atoms with Gasteiger partial charge in [0.25, 0.3) is 0 Å². The molecule has 2 fully saturated rings. The Kier molecular flexibility index (Phi) is 3.98. The first kappa shape index (κ1) is 14.5. The number of carbonyl (C=O) groups is 2. The fraction of sp³-hybridized carbons (Fsp3) is 0.500. The first-order valence-corrected chi connectivity index (χ1v) is 7.72. The van der Waals surface area contributed by atoms with Crippen LogP contribution in [0, 0.1) is 23.6 Å². The van der Waals surface area contributed by atoms with Crippen LogP contribution >= 0.6 is 11.6 Å². The standard InChI is InChI=1S/C16H17ClFNO2/c17-13-8-12(4-5-14(13)18)19-16(21)11-6-9-2-1-3-10(7-11)15(9)20/h4-5,8-11H,1-3,6-7H2,(H,19,21)/t9-,10-/m0/s1. The van der Waals surface area contributed by atoms with Crippen LogP contribution in [0.5, 0.6) is 0 Å². The largest absolute Gasteiger partial charge is 0.326 e. The van der Waals surface area contributed by atoms with Gasteiger partial charge in [0.1, 0.15) is 11.6 Å². The zero-order valence-electron chi connectivity index (χ0n) is 11.6. The summed E-state index contributed by atoms with van der Waals surface area (Å²) in [4.78, 5) is 24.4. The molecule has 0 spiro atoms. The highest BCUT2D eigenvalue weighted by molar-refractivity contribution is 6.31. The Labute approximate surface area is 127 Å². The molecular formula is C16H17ClFNO2. The maximum atomic E-state index is 13.1. The average molecular weight is 310 g/mol. The number of amides is 1. The van der Waals surface area contributed by atoms with Gasteiger partial charge in [0.2, 0.25) is 5.91 Å². The van der Waals surface area contributed by atoms with Crippen molar-refractivity contribution in [3.05, 3.63) is 29.0 Å². The van der Waals surface area contributed by atoms with Gasteiger partial charge in [0, 0.05) is 23.4 Å². The lowest BCUT2D eigenvalue weighted by Crippen LogP contribution is -2.40. The van der Waals surface area contributed by atoms with Crippen molar-refractivity contribution in [2.75, 3.05) is 5.32 Å². The smallest absolute Gasteiger partial charge is 0.227 e. The predicted molar refractivity (Wildman–Crippen MR) is 78.6 cm³/mol. The number of nitrogens with one attached hydrogen (secondary N) is 1. The van der Waals surface area contributed by atoms with Crippen molar-refractivity contribution in [1.29, 1.82) is 0 Å². The van der Waals surface area contributed by atoms with Crippen LogP contribution in [0.15, 0.2) is 18.2 Å². The average Bonchev–Trinajstić information content (AvgIpc) is 2.42. The second-order valence-electron chi connectivity index (χ2n) is 6.01. The van der Waals surface area contributed by atoms with E-state index in [0.29, 0.717) is 24.3 Å². The second kappa shape index (κ2) is 5.76. The van der Waals surface area contributed by atoms with Crippen molar-refractivity contribution in [3.63, 3.8) is 0 Å². The Morgan fingerprint density at radius 3 is 2.52 bits per heavy atom. The third-order valence-corrected chi connectivity index (χ3v) is 4.90. The van der Waals surface area contributed by atoms with Crippen molar-refractivity contribution in [2.24, 2.45) is 17.8 Å². The van der Waals surface area contributed by atoms with Crippen LogP contribution in [-0.4, -0.2) is 11.7 Å². The number of benzene rings is 1. The predicted octanol–water partition coefficient (Wildman–Crippen LogP) is 3.81. The summed E-state index contributed by atoms with van der Waals surface area (Å²) in [7, 11) is 0. The lowest BCUT2D eigenvalue weighted by molar-refractivity contribution is -0.136. The highest BCUT2D eigenvalue weighted by atomic mass is 35.5. The SMILES string of the molecule is O=C(Nc1ccc(F)c(Cl)c1)C1C[C@@H]2CCC[C@@H](C1)C2=O. The number of rotatable bonds is 2. The molecule has 0 aromatic heterocycles. The number of hydrogen-bond acceptors (Lipinski definition) is 2. The van der Waals surface area contributed by atoms with Crippen LogP contribution in [-0.2, 0) is 9.59 Å². The normalized spacial score (nSPS) is 28.3. The monoisotopic (exact) mass is 309 g/mol. The molecule has 0 radical (unpaired) electrons. The lowest BCUT2D eigenvalue weighted by Gasteiger charge is -2.36. The molecule has 21 heavy (non-hydrogen) atoms. The summed E-state index contributed by atoms with van der Waals surface area (Å²) in [5.74, 6) is -0.304. The molecule has 2 atom stereocenters. The van der Waals surface area contributed by atoms with E-state index in [2.05, 4.69) is 5.32 Å². The minimum absolute atomic E-state index is 0.0107. The number of ketones is 1. The summed E-state index contributed by atoms with van der Waals surface area (Å²) in [6.07, 6.45) is 4.16. The number of anilines is 1. The second-order valence-corrected chi connectivity index (χ2v) is 6.42. The van der Waals surface area contributed by atoms with Crippen LogP contribution in [0.2, 0.25) is 5.02 Å². The topological polar surface area (TPSA) is 46.2 Å². The third kappa shape index (κ3) is 2.95. The van der Waals surface area contributed by atoms with Gasteiger partial charge in [-0.05, 0) is 43.9 Å². The first-order chi connectivity index (χ1) is 10.0. The zero-order valence-corrected chi connectivity index (χ0v) is 12.3. The van der Waals surface area contributed by atoms with Crippen LogP contribution in [0.1, 0.15) is 32.1 Å². The van der Waals surface area contributed by atoms with E-state index in [-0.39, 0.29) is 28.7 Å². The Bertz CT molecular complexity index is 574. The molecule has 1 aromatic rings. The van der Waals surface area contributed by atoms with Crippen molar-refractivity contribution in [1.82, 2.24) is 0 Å². The van der Waals surface area contributed by atoms with E-state index in [1.165, 1.54) is 18.2 Å². The Balaban J connectivity index is 1.68. The summed E-state index contributed by atoms with van der Waals surface area (Å²) < 4.78 is 13.1. The number of hydrogen-bond donors (Lipinski definition) is 1. The van der Waals surface area contributed by atoms with Gasteiger partial charge in [-0.2, -0.15) is 0 Å². The van der Waals surface area contributed by atoms with E-state index in [4.69, 9.17) is 11.6 Å². The maximum absolute atomic E-state index is 13.1. The van der Waals surface area contributed by atoms with Crippen LogP contribution in [0.25, 0.3) is 0 Å². The molecule has 112 valence electrons. The quantitative estimate of drug-likeness (QED) is 0.903. The van der Waals surface area contributed by atoms with E-state index in [9.17, 15) is 14.0 Å². The molecule has 2 saturated carbocycles. The molecule has 1 aromatic carbocycles. The van der Waals surface area contributed by atoms with Gasteiger partial charge in [0.15, 0.2) is 0 Å². The van der Waals surface area contributed by atoms with Gasteiger partial charge < -0.3 is 5.32 Å². The van der Waals surface area contributed by atoms with E-state index in [0.717, 1.165) is 19.3 Å². The molecule has 2 bridgehead atoms. The molecular weight excluding hydrogens is 293 g/mol. The Morgan fingerprint density at radius 1 is 1.24 bits per heavy atom. The summed E-state index contributed by atoms with van der Waals surface area (Å²) in [5.41, 5.74) is 0.494. The summed E-state index contributed by atoms with van der Waals surface area (Å²) in [6, 6.07) is 4.13. The van der Waals surface area contributed by atoms with Crippen LogP contribution < -0.4 is 5.32 Å². The molecule has 3 rings (SSSR count). The molecule has 2 aliphatic carbocycles. The van der Waals surface area contributed by atoms with Gasteiger partial charge in [0.05, 0.1) is 5.02 Å². The maximum Gasteiger partial charge on any atom is 0.227 e. The number of Topliss-reactive ketones (excluding diaryl/α,β-unsaturated/α-hetero) is 1. The number of halogens is 2. The molecule has 3 nitrogen and oxygen atoms in total. The van der Waals surface area contributed by atoms with E-state index >= 15 is 0 Å². The Hall–Kier alpha value is -1.42. The van der Waals surface area contributed by atoms with Crippen LogP contribution in [0.3, 0.4) is 0 Å². The van der Waals surface area contributed by atoms with Gasteiger partial charge in [-0.25, -0.2) is 4.39 Å². The summed E-state index contributed by atoms with van der Waals surface area (Å²) in [5, 5.41) is 2.77. The van der Waals surface area contributed by atoms with Crippen molar-refractivity contribution in [2.45, 2.75) is 32.1 Å². The lowest BCUT2D eigenvalue weighted by atomic mass is 9.67. The Morgan fingerprint density at radius 2 is 1.90 bits per heavy atom. The number of carbonyl (C=O) groups excluding carboxylic acids is 2. The molecule has 0 aliphatic heterocycles. The van der Waals surface area contributed by atoms with Gasteiger partial charge in [-0.15, -0.1) is 0 Å². The molecule has 0 unspecified atom stereocenters. The van der Waals surface area contributed by atoms with Crippen molar-refractivity contribution in [3.8, 4) is 0 Å². The summed E-state index contributed by atoms with van der Waals surface area (Å²) in [6.45, 7) is 0. The molecule has 5 heteroatoms. The van der Waals surface area contributed by atoms with E-state index in [1.807, 2.05) is 0 Å². The zero-order chi connectivity index (χ0) is 15.0. The summed E-state index contributed by atoms with van der Waals surface area (Å²) >= 11 is 5.71. The third-order valence-electron chi connectivity index (χ3n) is 4.61. The molecule has 0 saturated heterocycles.